The Morgan fingerprint density at radius 2 is 1.85 bits per heavy atom. The minimum Gasteiger partial charge on any atom is -0.481 e. The van der Waals surface area contributed by atoms with Crippen LogP contribution in [0.25, 0.3) is 0 Å². The van der Waals surface area contributed by atoms with Gasteiger partial charge in [0.2, 0.25) is 11.8 Å². The maximum atomic E-state index is 11.5. The van der Waals surface area contributed by atoms with Crippen LogP contribution in [0, 0.1) is 11.8 Å². The van der Waals surface area contributed by atoms with Crippen LogP contribution in [-0.2, 0) is 19.2 Å². The third-order valence-electron chi connectivity index (χ3n) is 3.11. The maximum Gasteiger partial charge on any atom is 0.326 e. The van der Waals surface area contributed by atoms with Crippen LogP contribution in [0.1, 0.15) is 26.2 Å². The van der Waals surface area contributed by atoms with Crippen molar-refractivity contribution in [3.8, 4) is 0 Å². The van der Waals surface area contributed by atoms with Crippen molar-refractivity contribution in [2.24, 2.45) is 11.8 Å². The summed E-state index contributed by atoms with van der Waals surface area (Å²) in [6.07, 6.45) is 0.0704. The fraction of sp³-hybridized carbons (Fsp3) is 0.667. The molecule has 2 amide bonds. The first-order valence-electron chi connectivity index (χ1n) is 6.33. The fourth-order valence-electron chi connectivity index (χ4n) is 1.76. The van der Waals surface area contributed by atoms with Crippen molar-refractivity contribution < 1.29 is 29.4 Å². The third-order valence-corrected chi connectivity index (χ3v) is 3.11. The van der Waals surface area contributed by atoms with Gasteiger partial charge in [-0.1, -0.05) is 6.92 Å². The molecule has 112 valence electrons. The number of hydrogen-bond acceptors (Lipinski definition) is 4. The Kier molecular flexibility index (Phi) is 5.48. The van der Waals surface area contributed by atoms with Gasteiger partial charge in [-0.05, 0) is 12.3 Å². The van der Waals surface area contributed by atoms with Crippen molar-refractivity contribution in [2.75, 3.05) is 6.54 Å². The highest BCUT2D eigenvalue weighted by molar-refractivity contribution is 5.87. The minimum atomic E-state index is -1.46. The van der Waals surface area contributed by atoms with Crippen molar-refractivity contribution in [3.63, 3.8) is 0 Å². The highest BCUT2D eigenvalue weighted by atomic mass is 16.4. The van der Waals surface area contributed by atoms with Crippen LogP contribution in [-0.4, -0.2) is 46.6 Å². The molecule has 3 unspecified atom stereocenters. The van der Waals surface area contributed by atoms with Crippen LogP contribution >= 0.6 is 0 Å². The van der Waals surface area contributed by atoms with Gasteiger partial charge in [-0.3, -0.25) is 14.4 Å². The zero-order valence-corrected chi connectivity index (χ0v) is 11.1. The Hall–Kier alpha value is -2.12. The smallest absolute Gasteiger partial charge is 0.326 e. The molecule has 1 saturated carbocycles. The quantitative estimate of drug-likeness (QED) is 0.461. The summed E-state index contributed by atoms with van der Waals surface area (Å²) in [6, 6.07) is -1.46. The highest BCUT2D eigenvalue weighted by Crippen LogP contribution is 2.37. The molecule has 3 atom stereocenters. The average molecular weight is 286 g/mol. The van der Waals surface area contributed by atoms with Gasteiger partial charge in [0.25, 0.3) is 0 Å². The first-order valence-corrected chi connectivity index (χ1v) is 6.33. The standard InChI is InChI=1S/C12H18N2O6/c1-6-4-7(6)11(18)13-3-2-9(15)14-8(12(19)20)5-10(16)17/h6-8H,2-5H2,1H3,(H,13,18)(H,14,15)(H,16,17)(H,19,20). The third kappa shape index (κ3) is 5.25. The van der Waals surface area contributed by atoms with Gasteiger partial charge in [-0.15, -0.1) is 0 Å². The van der Waals surface area contributed by atoms with Crippen LogP contribution in [0.3, 0.4) is 0 Å². The van der Waals surface area contributed by atoms with Gasteiger partial charge in [0.15, 0.2) is 0 Å². The molecule has 1 aliphatic carbocycles. The van der Waals surface area contributed by atoms with Gasteiger partial charge in [-0.2, -0.15) is 0 Å². The number of nitrogens with one attached hydrogen (secondary N) is 2. The number of rotatable bonds is 8. The number of carboxylic acids is 2. The van der Waals surface area contributed by atoms with Gasteiger partial charge in [0.05, 0.1) is 6.42 Å². The minimum absolute atomic E-state index is 0.0110. The van der Waals surface area contributed by atoms with Crippen molar-refractivity contribution >= 4 is 23.8 Å². The second kappa shape index (κ2) is 6.88. The molecule has 8 heteroatoms. The molecule has 0 aliphatic heterocycles. The van der Waals surface area contributed by atoms with Gasteiger partial charge >= 0.3 is 11.9 Å². The number of hydrogen-bond donors (Lipinski definition) is 4. The van der Waals surface area contributed by atoms with E-state index < -0.39 is 30.3 Å². The monoisotopic (exact) mass is 286 g/mol. The van der Waals surface area contributed by atoms with Gasteiger partial charge in [0, 0.05) is 18.9 Å². The van der Waals surface area contributed by atoms with E-state index in [1.54, 1.807) is 0 Å². The lowest BCUT2D eigenvalue weighted by atomic mass is 10.2. The lowest BCUT2D eigenvalue weighted by Crippen LogP contribution is -2.43. The molecule has 0 bridgehead atoms. The van der Waals surface area contributed by atoms with Crippen molar-refractivity contribution in [2.45, 2.75) is 32.2 Å². The van der Waals surface area contributed by atoms with Crippen LogP contribution in [0.2, 0.25) is 0 Å². The molecule has 1 aliphatic rings. The summed E-state index contributed by atoms with van der Waals surface area (Å²) in [7, 11) is 0. The van der Waals surface area contributed by atoms with E-state index in [2.05, 4.69) is 10.6 Å². The fourth-order valence-corrected chi connectivity index (χ4v) is 1.76. The van der Waals surface area contributed by atoms with E-state index in [9.17, 15) is 19.2 Å². The van der Waals surface area contributed by atoms with Crippen LogP contribution in [0.15, 0.2) is 0 Å². The first kappa shape index (κ1) is 15.9. The molecule has 0 aromatic heterocycles. The summed E-state index contributed by atoms with van der Waals surface area (Å²) in [5.74, 6) is -3.05. The Balaban J connectivity index is 2.25. The average Bonchev–Trinajstić information content (AvgIpc) is 3.04. The van der Waals surface area contributed by atoms with E-state index in [1.807, 2.05) is 6.92 Å². The molecule has 0 aromatic carbocycles. The Labute approximate surface area is 115 Å². The SMILES string of the molecule is CC1CC1C(=O)NCCC(=O)NC(CC(=O)O)C(=O)O. The van der Waals surface area contributed by atoms with Crippen LogP contribution in [0.5, 0.6) is 0 Å². The van der Waals surface area contributed by atoms with Gasteiger partial charge in [-0.25, -0.2) is 4.79 Å². The van der Waals surface area contributed by atoms with E-state index in [0.717, 1.165) is 6.42 Å². The van der Waals surface area contributed by atoms with E-state index in [4.69, 9.17) is 10.2 Å². The second-order valence-electron chi connectivity index (χ2n) is 4.92. The van der Waals surface area contributed by atoms with Gasteiger partial charge in [0.1, 0.15) is 6.04 Å². The van der Waals surface area contributed by atoms with Crippen LogP contribution in [0.4, 0.5) is 0 Å². The zero-order chi connectivity index (χ0) is 15.3. The molecular weight excluding hydrogens is 268 g/mol. The topological polar surface area (TPSA) is 133 Å². The summed E-state index contributed by atoms with van der Waals surface area (Å²) in [5, 5.41) is 22.0. The maximum absolute atomic E-state index is 11.5. The summed E-state index contributed by atoms with van der Waals surface area (Å²) in [4.78, 5) is 44.1. The molecule has 0 saturated heterocycles. The number of carbonyl (C=O) groups excluding carboxylic acids is 2. The molecular formula is C12H18N2O6. The molecule has 0 heterocycles. The van der Waals surface area contributed by atoms with Crippen molar-refractivity contribution in [1.82, 2.24) is 10.6 Å². The van der Waals surface area contributed by atoms with Gasteiger partial charge < -0.3 is 20.8 Å². The van der Waals surface area contributed by atoms with E-state index in [1.165, 1.54) is 0 Å². The number of amides is 2. The summed E-state index contributed by atoms with van der Waals surface area (Å²) >= 11 is 0. The predicted molar refractivity (Wildman–Crippen MR) is 66.7 cm³/mol. The summed E-state index contributed by atoms with van der Waals surface area (Å²) < 4.78 is 0. The normalized spacial score (nSPS) is 21.6. The van der Waals surface area contributed by atoms with E-state index in [0.29, 0.717) is 5.92 Å². The molecule has 0 radical (unpaired) electrons. The zero-order valence-electron chi connectivity index (χ0n) is 11.1. The lowest BCUT2D eigenvalue weighted by molar-refractivity contribution is -0.147. The molecule has 0 spiro atoms. The Morgan fingerprint density at radius 3 is 2.30 bits per heavy atom. The van der Waals surface area contributed by atoms with Crippen molar-refractivity contribution in [3.05, 3.63) is 0 Å². The Morgan fingerprint density at radius 1 is 1.25 bits per heavy atom. The molecule has 8 nitrogen and oxygen atoms in total. The predicted octanol–water partition coefficient (Wildman–Crippen LogP) is -0.807. The van der Waals surface area contributed by atoms with Crippen molar-refractivity contribution in [1.29, 1.82) is 0 Å². The second-order valence-corrected chi connectivity index (χ2v) is 4.92. The molecule has 1 rings (SSSR count). The molecule has 20 heavy (non-hydrogen) atoms. The molecule has 0 aromatic rings. The molecule has 4 N–H and O–H groups in total. The Bertz CT molecular complexity index is 422. The largest absolute Gasteiger partial charge is 0.481 e. The summed E-state index contributed by atoms with van der Waals surface area (Å²) in [5.41, 5.74) is 0. The molecule has 1 fully saturated rings. The van der Waals surface area contributed by atoms with Crippen LogP contribution < -0.4 is 10.6 Å². The lowest BCUT2D eigenvalue weighted by Gasteiger charge is -2.12. The van der Waals surface area contributed by atoms with E-state index >= 15 is 0 Å². The number of carbonyl (C=O) groups is 4. The number of aliphatic carboxylic acids is 2. The number of carboxylic acid groups (broad SMARTS) is 2. The highest BCUT2D eigenvalue weighted by Gasteiger charge is 2.38. The first-order chi connectivity index (χ1) is 9.31. The summed E-state index contributed by atoms with van der Waals surface area (Å²) in [6.45, 7) is 2.06. The van der Waals surface area contributed by atoms with E-state index in [-0.39, 0.29) is 24.8 Å².